The lowest BCUT2D eigenvalue weighted by atomic mass is 9.85. The zero-order chi connectivity index (χ0) is 18.2. The van der Waals surface area contributed by atoms with Crippen molar-refractivity contribution in [2.24, 2.45) is 0 Å². The molecule has 6 heteroatoms. The monoisotopic (exact) mass is 390 g/mol. The van der Waals surface area contributed by atoms with Gasteiger partial charge in [0.1, 0.15) is 10.8 Å². The highest BCUT2D eigenvalue weighted by atomic mass is 35.5. The number of phenolic OH excluding ortho intramolecular Hbond substituents is 1. The highest BCUT2D eigenvalue weighted by Crippen LogP contribution is 2.32. The molecule has 0 spiro atoms. The SMILES string of the molecule is CC(C)(C)c1cc(Cn2nc(-c3ccc(Cl)cc3)sc2=S)ccc1O. The average molecular weight is 391 g/mol. The van der Waals surface area contributed by atoms with E-state index < -0.39 is 0 Å². The Kier molecular flexibility index (Phi) is 5.00. The van der Waals surface area contributed by atoms with E-state index >= 15 is 0 Å². The molecular weight excluding hydrogens is 372 g/mol. The van der Waals surface area contributed by atoms with Gasteiger partial charge in [-0.3, -0.25) is 0 Å². The average Bonchev–Trinajstić information content (AvgIpc) is 2.90. The maximum Gasteiger partial charge on any atom is 0.179 e. The molecule has 0 fully saturated rings. The topological polar surface area (TPSA) is 38.0 Å². The molecule has 0 radical (unpaired) electrons. The fourth-order valence-electron chi connectivity index (χ4n) is 2.57. The molecule has 0 amide bonds. The standard InChI is InChI=1S/C19H19ClN2OS2/c1-19(2,3)15-10-12(4-9-16(15)23)11-22-18(24)25-17(21-22)13-5-7-14(20)8-6-13/h4-10,23H,11H2,1-3H3. The third kappa shape index (κ3) is 4.11. The van der Waals surface area contributed by atoms with Gasteiger partial charge in [-0.2, -0.15) is 5.10 Å². The zero-order valence-corrected chi connectivity index (χ0v) is 16.7. The van der Waals surface area contributed by atoms with Crippen molar-refractivity contribution in [3.8, 4) is 16.3 Å². The van der Waals surface area contributed by atoms with E-state index in [2.05, 4.69) is 25.9 Å². The van der Waals surface area contributed by atoms with Crippen LogP contribution in [0.5, 0.6) is 5.75 Å². The van der Waals surface area contributed by atoms with Crippen molar-refractivity contribution in [3.05, 3.63) is 62.6 Å². The number of aromatic hydroxyl groups is 1. The Labute approximate surface area is 161 Å². The van der Waals surface area contributed by atoms with Gasteiger partial charge < -0.3 is 5.11 Å². The summed E-state index contributed by atoms with van der Waals surface area (Å²) in [5, 5.41) is 16.3. The van der Waals surface area contributed by atoms with Gasteiger partial charge in [-0.15, -0.1) is 0 Å². The van der Waals surface area contributed by atoms with Crippen molar-refractivity contribution < 1.29 is 5.11 Å². The summed E-state index contributed by atoms with van der Waals surface area (Å²) in [6.45, 7) is 6.82. The number of nitrogens with zero attached hydrogens (tertiary/aromatic N) is 2. The molecule has 3 nitrogen and oxygen atoms in total. The van der Waals surface area contributed by atoms with Gasteiger partial charge in [0.05, 0.1) is 6.54 Å². The number of hydrogen-bond acceptors (Lipinski definition) is 4. The minimum absolute atomic E-state index is 0.127. The van der Waals surface area contributed by atoms with Crippen LogP contribution in [0.25, 0.3) is 10.6 Å². The van der Waals surface area contributed by atoms with E-state index in [-0.39, 0.29) is 5.41 Å². The molecule has 0 saturated carbocycles. The Hall–Kier alpha value is -1.69. The summed E-state index contributed by atoms with van der Waals surface area (Å²) >= 11 is 12.9. The Bertz CT molecular complexity index is 953. The van der Waals surface area contributed by atoms with Crippen molar-refractivity contribution in [1.82, 2.24) is 9.78 Å². The van der Waals surface area contributed by atoms with Crippen molar-refractivity contribution in [3.63, 3.8) is 0 Å². The first-order chi connectivity index (χ1) is 11.7. The van der Waals surface area contributed by atoms with Crippen LogP contribution in [0.2, 0.25) is 5.02 Å². The smallest absolute Gasteiger partial charge is 0.179 e. The van der Waals surface area contributed by atoms with Gasteiger partial charge in [-0.1, -0.05) is 61.9 Å². The summed E-state index contributed by atoms with van der Waals surface area (Å²) in [5.41, 5.74) is 2.86. The van der Waals surface area contributed by atoms with Crippen LogP contribution in [0.15, 0.2) is 42.5 Å². The molecule has 0 aliphatic heterocycles. The largest absolute Gasteiger partial charge is 0.508 e. The first-order valence-electron chi connectivity index (χ1n) is 7.90. The summed E-state index contributed by atoms with van der Waals surface area (Å²) in [6, 6.07) is 13.3. The molecule has 1 N–H and O–H groups in total. The fraction of sp³-hybridized carbons (Fsp3) is 0.263. The van der Waals surface area contributed by atoms with Gasteiger partial charge in [0.2, 0.25) is 0 Å². The summed E-state index contributed by atoms with van der Waals surface area (Å²) in [6.07, 6.45) is 0. The molecule has 0 bridgehead atoms. The third-order valence-corrected chi connectivity index (χ3v) is 5.51. The summed E-state index contributed by atoms with van der Waals surface area (Å²) in [7, 11) is 0. The highest BCUT2D eigenvalue weighted by molar-refractivity contribution is 7.73. The predicted octanol–water partition coefficient (Wildman–Crippen LogP) is 6.05. The third-order valence-electron chi connectivity index (χ3n) is 3.90. The lowest BCUT2D eigenvalue weighted by Crippen LogP contribution is -2.12. The molecule has 2 aromatic carbocycles. The van der Waals surface area contributed by atoms with E-state index in [0.717, 1.165) is 25.7 Å². The molecule has 0 aliphatic rings. The minimum atomic E-state index is -0.127. The van der Waals surface area contributed by atoms with Crippen LogP contribution in [0, 0.1) is 3.95 Å². The Balaban J connectivity index is 1.92. The molecular formula is C19H19ClN2OS2. The van der Waals surface area contributed by atoms with Gasteiger partial charge in [-0.05, 0) is 53.0 Å². The van der Waals surface area contributed by atoms with E-state index in [1.54, 1.807) is 6.07 Å². The van der Waals surface area contributed by atoms with Gasteiger partial charge in [0, 0.05) is 10.6 Å². The number of phenols is 1. The lowest BCUT2D eigenvalue weighted by Gasteiger charge is -2.21. The second-order valence-electron chi connectivity index (χ2n) is 6.94. The number of rotatable bonds is 3. The van der Waals surface area contributed by atoms with Gasteiger partial charge in [0.25, 0.3) is 0 Å². The summed E-state index contributed by atoms with van der Waals surface area (Å²) in [4.78, 5) is 0. The molecule has 1 aromatic heterocycles. The molecule has 25 heavy (non-hydrogen) atoms. The number of aromatic nitrogens is 2. The van der Waals surface area contributed by atoms with Gasteiger partial charge in [-0.25, -0.2) is 4.68 Å². The first kappa shape index (κ1) is 18.1. The van der Waals surface area contributed by atoms with Crippen LogP contribution < -0.4 is 0 Å². The van der Waals surface area contributed by atoms with E-state index in [1.165, 1.54) is 11.3 Å². The Morgan fingerprint density at radius 2 is 1.84 bits per heavy atom. The Morgan fingerprint density at radius 3 is 2.48 bits per heavy atom. The van der Waals surface area contributed by atoms with Crippen LogP contribution in [-0.2, 0) is 12.0 Å². The lowest BCUT2D eigenvalue weighted by molar-refractivity contribution is 0.446. The normalized spacial score (nSPS) is 11.7. The molecule has 3 aromatic rings. The molecule has 0 saturated heterocycles. The van der Waals surface area contributed by atoms with E-state index in [4.69, 9.17) is 23.8 Å². The second kappa shape index (κ2) is 6.90. The highest BCUT2D eigenvalue weighted by Gasteiger charge is 2.18. The second-order valence-corrected chi connectivity index (χ2v) is 9.00. The fourth-order valence-corrected chi connectivity index (χ4v) is 3.81. The van der Waals surface area contributed by atoms with Crippen molar-refractivity contribution >= 4 is 35.2 Å². The minimum Gasteiger partial charge on any atom is -0.508 e. The van der Waals surface area contributed by atoms with Crippen LogP contribution in [0.4, 0.5) is 0 Å². The summed E-state index contributed by atoms with van der Waals surface area (Å²) in [5.74, 6) is 0.319. The van der Waals surface area contributed by atoms with Crippen molar-refractivity contribution in [1.29, 1.82) is 0 Å². The molecule has 0 atom stereocenters. The van der Waals surface area contributed by atoms with Crippen molar-refractivity contribution in [2.45, 2.75) is 32.7 Å². The van der Waals surface area contributed by atoms with E-state index in [0.29, 0.717) is 17.3 Å². The van der Waals surface area contributed by atoms with Crippen molar-refractivity contribution in [2.75, 3.05) is 0 Å². The van der Waals surface area contributed by atoms with Gasteiger partial charge >= 0.3 is 0 Å². The number of halogens is 1. The maximum atomic E-state index is 10.1. The van der Waals surface area contributed by atoms with Crippen LogP contribution in [-0.4, -0.2) is 14.9 Å². The zero-order valence-electron chi connectivity index (χ0n) is 14.3. The van der Waals surface area contributed by atoms with E-state index in [9.17, 15) is 5.11 Å². The van der Waals surface area contributed by atoms with E-state index in [1.807, 2.05) is 41.1 Å². The number of hydrogen-bond donors (Lipinski definition) is 1. The van der Waals surface area contributed by atoms with Crippen LogP contribution >= 0.6 is 35.2 Å². The Morgan fingerprint density at radius 1 is 1.16 bits per heavy atom. The predicted molar refractivity (Wildman–Crippen MR) is 107 cm³/mol. The quantitative estimate of drug-likeness (QED) is 0.553. The van der Waals surface area contributed by atoms with Crippen LogP contribution in [0.3, 0.4) is 0 Å². The first-order valence-corrected chi connectivity index (χ1v) is 9.50. The molecule has 1 heterocycles. The number of benzene rings is 2. The summed E-state index contributed by atoms with van der Waals surface area (Å²) < 4.78 is 2.54. The van der Waals surface area contributed by atoms with Gasteiger partial charge in [0.15, 0.2) is 3.95 Å². The maximum absolute atomic E-state index is 10.1. The van der Waals surface area contributed by atoms with Crippen LogP contribution in [0.1, 0.15) is 31.9 Å². The molecule has 130 valence electrons. The molecule has 0 unspecified atom stereocenters. The molecule has 0 aliphatic carbocycles. The molecule has 3 rings (SSSR count).